The minimum atomic E-state index is -1.45. The van der Waals surface area contributed by atoms with Gasteiger partial charge < -0.3 is 10.5 Å². The summed E-state index contributed by atoms with van der Waals surface area (Å²) in [6.07, 6.45) is 1.53. The lowest BCUT2D eigenvalue weighted by Crippen LogP contribution is -2.30. The molecule has 0 aromatic heterocycles. The molecule has 2 aromatic rings. The van der Waals surface area contributed by atoms with Gasteiger partial charge in [-0.2, -0.15) is 0 Å². The normalized spacial score (nSPS) is 17.2. The lowest BCUT2D eigenvalue weighted by molar-refractivity contribution is 0.181. The summed E-state index contributed by atoms with van der Waals surface area (Å²) in [7, 11) is 0. The Morgan fingerprint density at radius 2 is 1.90 bits per heavy atom. The van der Waals surface area contributed by atoms with E-state index in [4.69, 9.17) is 10.5 Å². The second kappa shape index (κ2) is 5.41. The van der Waals surface area contributed by atoms with Crippen LogP contribution in [0.15, 0.2) is 30.3 Å². The Morgan fingerprint density at radius 3 is 2.67 bits per heavy atom. The van der Waals surface area contributed by atoms with Gasteiger partial charge in [-0.15, -0.1) is 0 Å². The highest BCUT2D eigenvalue weighted by molar-refractivity contribution is 5.66. The second-order valence-electron chi connectivity index (χ2n) is 5.06. The summed E-state index contributed by atoms with van der Waals surface area (Å²) in [6, 6.07) is 7.26. The third-order valence-corrected chi connectivity index (χ3v) is 3.70. The van der Waals surface area contributed by atoms with Gasteiger partial charge in [0.1, 0.15) is 11.9 Å². The highest BCUT2D eigenvalue weighted by atomic mass is 19.2. The van der Waals surface area contributed by atoms with Crippen molar-refractivity contribution in [3.8, 4) is 16.9 Å². The molecular formula is C16H14F3NO. The molecule has 1 atom stereocenters. The van der Waals surface area contributed by atoms with E-state index >= 15 is 0 Å². The molecule has 21 heavy (non-hydrogen) atoms. The van der Waals surface area contributed by atoms with Crippen LogP contribution in [0.3, 0.4) is 0 Å². The van der Waals surface area contributed by atoms with Gasteiger partial charge >= 0.3 is 0 Å². The molecule has 0 fully saturated rings. The lowest BCUT2D eigenvalue weighted by Gasteiger charge is -2.25. The molecule has 1 aliphatic rings. The van der Waals surface area contributed by atoms with Crippen LogP contribution in [0, 0.1) is 17.5 Å². The molecule has 3 rings (SSSR count). The molecule has 110 valence electrons. The van der Waals surface area contributed by atoms with E-state index in [9.17, 15) is 13.2 Å². The zero-order valence-corrected chi connectivity index (χ0v) is 11.2. The van der Waals surface area contributed by atoms with Crippen LogP contribution in [0.25, 0.3) is 11.1 Å². The molecule has 0 saturated carbocycles. The Labute approximate surface area is 120 Å². The van der Waals surface area contributed by atoms with Gasteiger partial charge in [0.15, 0.2) is 17.5 Å². The Kier molecular flexibility index (Phi) is 3.59. The monoisotopic (exact) mass is 293 g/mol. The zero-order valence-electron chi connectivity index (χ0n) is 11.2. The van der Waals surface area contributed by atoms with Gasteiger partial charge in [0.05, 0.1) is 0 Å². The number of halogens is 3. The van der Waals surface area contributed by atoms with Gasteiger partial charge in [-0.3, -0.25) is 0 Å². The van der Waals surface area contributed by atoms with Crippen molar-refractivity contribution in [2.75, 3.05) is 6.54 Å². The standard InChI is InChI=1S/C16H14F3NO/c17-13-5-4-12(15(18)16(13)19)9-2-6-14-10(7-9)1-3-11(8-20)21-14/h2,4-7,11H,1,3,8,20H2. The summed E-state index contributed by atoms with van der Waals surface area (Å²) in [4.78, 5) is 0. The SMILES string of the molecule is NCC1CCc2cc(-c3ccc(F)c(F)c3F)ccc2O1. The topological polar surface area (TPSA) is 35.2 Å². The molecule has 2 nitrogen and oxygen atoms in total. The summed E-state index contributed by atoms with van der Waals surface area (Å²) < 4.78 is 45.8. The zero-order chi connectivity index (χ0) is 15.0. The average Bonchev–Trinajstić information content (AvgIpc) is 2.52. The molecule has 0 saturated heterocycles. The van der Waals surface area contributed by atoms with Crippen molar-refractivity contribution >= 4 is 0 Å². The van der Waals surface area contributed by atoms with Gasteiger partial charge in [-0.25, -0.2) is 13.2 Å². The maximum atomic E-state index is 13.8. The molecule has 5 heteroatoms. The van der Waals surface area contributed by atoms with Crippen LogP contribution < -0.4 is 10.5 Å². The first-order valence-electron chi connectivity index (χ1n) is 6.73. The van der Waals surface area contributed by atoms with Crippen LogP contribution in [0.5, 0.6) is 5.75 Å². The minimum Gasteiger partial charge on any atom is -0.489 e. The number of aryl methyl sites for hydroxylation is 1. The number of hydrogen-bond donors (Lipinski definition) is 1. The first kappa shape index (κ1) is 13.9. The lowest BCUT2D eigenvalue weighted by atomic mass is 9.96. The van der Waals surface area contributed by atoms with Crippen molar-refractivity contribution in [2.24, 2.45) is 5.73 Å². The molecule has 0 radical (unpaired) electrons. The van der Waals surface area contributed by atoms with Crippen LogP contribution in [-0.2, 0) is 6.42 Å². The molecule has 1 unspecified atom stereocenters. The van der Waals surface area contributed by atoms with Crippen LogP contribution >= 0.6 is 0 Å². The number of benzene rings is 2. The number of rotatable bonds is 2. The molecule has 0 bridgehead atoms. The van der Waals surface area contributed by atoms with Gasteiger partial charge in [0.2, 0.25) is 0 Å². The van der Waals surface area contributed by atoms with Crippen molar-refractivity contribution in [2.45, 2.75) is 18.9 Å². The fourth-order valence-corrected chi connectivity index (χ4v) is 2.53. The Balaban J connectivity index is 2.00. The number of nitrogens with two attached hydrogens (primary N) is 1. The predicted octanol–water partition coefficient (Wildman–Crippen LogP) is 3.42. The maximum Gasteiger partial charge on any atom is 0.195 e. The van der Waals surface area contributed by atoms with Crippen LogP contribution in [0.1, 0.15) is 12.0 Å². The van der Waals surface area contributed by atoms with Gasteiger partial charge in [-0.05, 0) is 48.2 Å². The average molecular weight is 293 g/mol. The molecule has 2 N–H and O–H groups in total. The Bertz CT molecular complexity index is 687. The first-order valence-corrected chi connectivity index (χ1v) is 6.73. The van der Waals surface area contributed by atoms with Crippen molar-refractivity contribution in [3.63, 3.8) is 0 Å². The number of ether oxygens (including phenoxy) is 1. The summed E-state index contributed by atoms with van der Waals surface area (Å²) in [5.74, 6) is -3.11. The van der Waals surface area contributed by atoms with E-state index in [1.807, 2.05) is 0 Å². The van der Waals surface area contributed by atoms with Crippen molar-refractivity contribution < 1.29 is 17.9 Å². The van der Waals surface area contributed by atoms with Crippen molar-refractivity contribution in [3.05, 3.63) is 53.3 Å². The summed E-state index contributed by atoms with van der Waals surface area (Å²) in [5, 5.41) is 0. The number of hydrogen-bond acceptors (Lipinski definition) is 2. The highest BCUT2D eigenvalue weighted by Crippen LogP contribution is 2.33. The van der Waals surface area contributed by atoms with Crippen molar-refractivity contribution in [1.82, 2.24) is 0 Å². The van der Waals surface area contributed by atoms with E-state index in [0.29, 0.717) is 17.9 Å². The van der Waals surface area contributed by atoms with Crippen LogP contribution in [0.2, 0.25) is 0 Å². The second-order valence-corrected chi connectivity index (χ2v) is 5.06. The first-order chi connectivity index (χ1) is 10.1. The number of fused-ring (bicyclic) bond motifs is 1. The van der Waals surface area contributed by atoms with E-state index in [1.54, 1.807) is 18.2 Å². The highest BCUT2D eigenvalue weighted by Gasteiger charge is 2.20. The molecule has 2 aromatic carbocycles. The van der Waals surface area contributed by atoms with Crippen LogP contribution in [0.4, 0.5) is 13.2 Å². The third kappa shape index (κ3) is 2.49. The molecule has 1 heterocycles. The smallest absolute Gasteiger partial charge is 0.195 e. The van der Waals surface area contributed by atoms with E-state index in [0.717, 1.165) is 24.5 Å². The van der Waals surface area contributed by atoms with E-state index in [2.05, 4.69) is 0 Å². The summed E-state index contributed by atoms with van der Waals surface area (Å²) >= 11 is 0. The largest absolute Gasteiger partial charge is 0.489 e. The molecule has 1 aliphatic heterocycles. The Hall–Kier alpha value is -2.01. The molecule has 0 amide bonds. The van der Waals surface area contributed by atoms with Gasteiger partial charge in [-0.1, -0.05) is 6.07 Å². The predicted molar refractivity (Wildman–Crippen MR) is 73.5 cm³/mol. The minimum absolute atomic E-state index is 0.0108. The van der Waals surface area contributed by atoms with Crippen LogP contribution in [-0.4, -0.2) is 12.6 Å². The quantitative estimate of drug-likeness (QED) is 0.861. The summed E-state index contributed by atoms with van der Waals surface area (Å²) in [5.41, 5.74) is 7.04. The Morgan fingerprint density at radius 1 is 1.10 bits per heavy atom. The fourth-order valence-electron chi connectivity index (χ4n) is 2.53. The van der Waals surface area contributed by atoms with Gasteiger partial charge in [0, 0.05) is 12.1 Å². The third-order valence-electron chi connectivity index (χ3n) is 3.70. The van der Waals surface area contributed by atoms with E-state index in [-0.39, 0.29) is 11.7 Å². The van der Waals surface area contributed by atoms with E-state index < -0.39 is 17.5 Å². The van der Waals surface area contributed by atoms with E-state index in [1.165, 1.54) is 6.07 Å². The van der Waals surface area contributed by atoms with Gasteiger partial charge in [0.25, 0.3) is 0 Å². The molecular weight excluding hydrogens is 279 g/mol. The fraction of sp³-hybridized carbons (Fsp3) is 0.250. The van der Waals surface area contributed by atoms with Crippen molar-refractivity contribution in [1.29, 1.82) is 0 Å². The molecule has 0 aliphatic carbocycles. The maximum absolute atomic E-state index is 13.8. The molecule has 0 spiro atoms. The summed E-state index contributed by atoms with van der Waals surface area (Å²) in [6.45, 7) is 0.443.